The topological polar surface area (TPSA) is 84.5 Å². The third kappa shape index (κ3) is 2.65. The number of ether oxygens (including phenoxy) is 2. The maximum Gasteiger partial charge on any atom is 0.214 e. The van der Waals surface area contributed by atoms with Gasteiger partial charge in [0.25, 0.3) is 0 Å². The Bertz CT molecular complexity index is 410. The quantitative estimate of drug-likeness (QED) is 0.579. The molecule has 3 N–H and O–H groups in total. The molecule has 2 heterocycles. The van der Waals surface area contributed by atoms with Gasteiger partial charge in [-0.05, 0) is 6.07 Å². The maximum atomic E-state index is 7.40. The zero-order valence-corrected chi connectivity index (χ0v) is 9.72. The first-order valence-electron chi connectivity index (χ1n) is 5.42. The van der Waals surface area contributed by atoms with Crippen molar-refractivity contribution in [3.63, 3.8) is 0 Å². The van der Waals surface area contributed by atoms with Gasteiger partial charge in [-0.2, -0.15) is 4.98 Å². The summed E-state index contributed by atoms with van der Waals surface area (Å²) in [5, 5.41) is 7.40. The number of nitrogens with one attached hydrogen (secondary N) is 1. The van der Waals surface area contributed by atoms with E-state index in [0.29, 0.717) is 19.0 Å². The molecule has 0 radical (unpaired) electrons. The van der Waals surface area contributed by atoms with E-state index >= 15 is 0 Å². The summed E-state index contributed by atoms with van der Waals surface area (Å²) in [6.07, 6.45) is -0.350. The Balaban J connectivity index is 2.13. The molecule has 2 rings (SSSR count). The van der Waals surface area contributed by atoms with Crippen LogP contribution in [-0.2, 0) is 4.74 Å². The van der Waals surface area contributed by atoms with Gasteiger partial charge >= 0.3 is 0 Å². The number of methoxy groups -OCH3 is 1. The molecule has 1 fully saturated rings. The van der Waals surface area contributed by atoms with E-state index < -0.39 is 0 Å². The normalized spacial score (nSPS) is 20.1. The Morgan fingerprint density at radius 3 is 3.18 bits per heavy atom. The number of nitrogens with zero attached hydrogens (tertiary/aromatic N) is 2. The molecule has 0 spiro atoms. The van der Waals surface area contributed by atoms with Crippen LogP contribution in [0, 0.1) is 5.41 Å². The van der Waals surface area contributed by atoms with E-state index in [1.54, 1.807) is 13.2 Å². The smallest absolute Gasteiger partial charge is 0.214 e. The van der Waals surface area contributed by atoms with Gasteiger partial charge in [0.15, 0.2) is 0 Å². The van der Waals surface area contributed by atoms with Crippen LogP contribution >= 0.6 is 0 Å². The van der Waals surface area contributed by atoms with E-state index in [9.17, 15) is 0 Å². The Hall–Kier alpha value is -1.82. The van der Waals surface area contributed by atoms with Crippen molar-refractivity contribution in [2.24, 2.45) is 5.73 Å². The Morgan fingerprint density at radius 2 is 2.47 bits per heavy atom. The summed E-state index contributed by atoms with van der Waals surface area (Å²) >= 11 is 0. The molecule has 0 aliphatic carbocycles. The van der Waals surface area contributed by atoms with Gasteiger partial charge in [0.2, 0.25) is 5.88 Å². The van der Waals surface area contributed by atoms with Gasteiger partial charge in [-0.25, -0.2) is 0 Å². The number of hydrogen-bond donors (Lipinski definition) is 2. The second-order valence-electron chi connectivity index (χ2n) is 3.80. The molecule has 1 saturated heterocycles. The number of rotatable bonds is 3. The largest absolute Gasteiger partial charge is 0.481 e. The van der Waals surface area contributed by atoms with Crippen LogP contribution in [-0.4, -0.2) is 43.7 Å². The molecule has 0 bridgehead atoms. The lowest BCUT2D eigenvalue weighted by Crippen LogP contribution is -2.48. The monoisotopic (exact) mass is 236 g/mol. The molecule has 1 aromatic heterocycles. The minimum atomic E-state index is -0.350. The summed E-state index contributed by atoms with van der Waals surface area (Å²) in [4.78, 5) is 6.39. The Labute approximate surface area is 99.8 Å². The number of morpholine rings is 1. The summed E-state index contributed by atoms with van der Waals surface area (Å²) in [5.41, 5.74) is 5.45. The van der Waals surface area contributed by atoms with E-state index in [1.165, 1.54) is 0 Å². The van der Waals surface area contributed by atoms with Crippen LogP contribution in [0.25, 0.3) is 0 Å². The van der Waals surface area contributed by atoms with Crippen molar-refractivity contribution in [2.75, 3.05) is 31.7 Å². The number of pyridine rings is 1. The van der Waals surface area contributed by atoms with Crippen molar-refractivity contribution >= 4 is 11.7 Å². The highest BCUT2D eigenvalue weighted by molar-refractivity contribution is 5.82. The number of aromatic nitrogens is 1. The molecule has 1 aliphatic heterocycles. The van der Waals surface area contributed by atoms with Crippen molar-refractivity contribution in [3.05, 3.63) is 18.2 Å². The fourth-order valence-electron chi connectivity index (χ4n) is 1.74. The molecule has 1 aliphatic rings. The zero-order chi connectivity index (χ0) is 12.3. The molecule has 1 aromatic rings. The molecule has 17 heavy (non-hydrogen) atoms. The highest BCUT2D eigenvalue weighted by Gasteiger charge is 2.23. The molecule has 1 atom stereocenters. The zero-order valence-electron chi connectivity index (χ0n) is 9.72. The number of hydrogen-bond acceptors (Lipinski definition) is 5. The molecule has 0 saturated carbocycles. The maximum absolute atomic E-state index is 7.40. The average Bonchev–Trinajstić information content (AvgIpc) is 2.39. The predicted molar refractivity (Wildman–Crippen MR) is 64.7 cm³/mol. The first kappa shape index (κ1) is 11.7. The van der Waals surface area contributed by atoms with E-state index in [2.05, 4.69) is 4.98 Å². The second kappa shape index (κ2) is 5.01. The third-order valence-corrected chi connectivity index (χ3v) is 2.66. The molecule has 0 amide bonds. The molecule has 6 nitrogen and oxygen atoms in total. The van der Waals surface area contributed by atoms with Gasteiger partial charge in [0, 0.05) is 12.6 Å². The SMILES string of the molecule is COc1cccc(N2CCOC(C(=N)N)C2)n1. The fraction of sp³-hybridized carbons (Fsp3) is 0.455. The number of anilines is 1. The summed E-state index contributed by atoms with van der Waals surface area (Å²) in [6, 6.07) is 5.59. The summed E-state index contributed by atoms with van der Waals surface area (Å²) in [7, 11) is 1.59. The standard InChI is InChI=1S/C11H16N4O2/c1-16-10-4-2-3-9(14-10)15-5-6-17-8(7-15)11(12)13/h2-4,8H,5-7H2,1H3,(H3,12,13). The van der Waals surface area contributed by atoms with Crippen LogP contribution in [0.4, 0.5) is 5.82 Å². The van der Waals surface area contributed by atoms with E-state index in [4.69, 9.17) is 20.6 Å². The van der Waals surface area contributed by atoms with Crippen molar-refractivity contribution in [1.82, 2.24) is 4.98 Å². The van der Waals surface area contributed by atoms with Crippen molar-refractivity contribution < 1.29 is 9.47 Å². The van der Waals surface area contributed by atoms with Crippen molar-refractivity contribution in [2.45, 2.75) is 6.10 Å². The molecule has 92 valence electrons. The van der Waals surface area contributed by atoms with Gasteiger partial charge in [-0.1, -0.05) is 6.07 Å². The summed E-state index contributed by atoms with van der Waals surface area (Å²) in [5.74, 6) is 1.45. The lowest BCUT2D eigenvalue weighted by molar-refractivity contribution is 0.0823. The first-order valence-corrected chi connectivity index (χ1v) is 5.42. The van der Waals surface area contributed by atoms with Gasteiger partial charge in [0.1, 0.15) is 17.8 Å². The first-order chi connectivity index (χ1) is 8.20. The van der Waals surface area contributed by atoms with Gasteiger partial charge in [-0.3, -0.25) is 5.41 Å². The van der Waals surface area contributed by atoms with Crippen molar-refractivity contribution in [1.29, 1.82) is 5.41 Å². The third-order valence-electron chi connectivity index (χ3n) is 2.66. The second-order valence-corrected chi connectivity index (χ2v) is 3.80. The van der Waals surface area contributed by atoms with E-state index in [1.807, 2.05) is 17.0 Å². The molecular formula is C11H16N4O2. The molecule has 0 aromatic carbocycles. The van der Waals surface area contributed by atoms with Gasteiger partial charge in [0.05, 0.1) is 20.3 Å². The van der Waals surface area contributed by atoms with Crippen molar-refractivity contribution in [3.8, 4) is 5.88 Å². The number of nitrogens with two attached hydrogens (primary N) is 1. The molecule has 6 heteroatoms. The highest BCUT2D eigenvalue weighted by atomic mass is 16.5. The Kier molecular flexibility index (Phi) is 3.43. The van der Waals surface area contributed by atoms with Crippen LogP contribution < -0.4 is 15.4 Å². The predicted octanol–water partition coefficient (Wildman–Crippen LogP) is 0.231. The van der Waals surface area contributed by atoms with E-state index in [-0.39, 0.29) is 11.9 Å². The van der Waals surface area contributed by atoms with Crippen LogP contribution in [0.15, 0.2) is 18.2 Å². The van der Waals surface area contributed by atoms with Crippen LogP contribution in [0.3, 0.4) is 0 Å². The van der Waals surface area contributed by atoms with Gasteiger partial charge < -0.3 is 20.1 Å². The van der Waals surface area contributed by atoms with Crippen LogP contribution in [0.5, 0.6) is 5.88 Å². The minimum absolute atomic E-state index is 0.0533. The highest BCUT2D eigenvalue weighted by Crippen LogP contribution is 2.18. The lowest BCUT2D eigenvalue weighted by Gasteiger charge is -2.33. The summed E-state index contributed by atoms with van der Waals surface area (Å²) < 4.78 is 10.5. The lowest BCUT2D eigenvalue weighted by atomic mass is 10.2. The number of amidine groups is 1. The summed E-state index contributed by atoms with van der Waals surface area (Å²) in [6.45, 7) is 1.84. The Morgan fingerprint density at radius 1 is 1.65 bits per heavy atom. The van der Waals surface area contributed by atoms with E-state index in [0.717, 1.165) is 12.4 Å². The fourth-order valence-corrected chi connectivity index (χ4v) is 1.74. The van der Waals surface area contributed by atoms with Gasteiger partial charge in [-0.15, -0.1) is 0 Å². The molecule has 1 unspecified atom stereocenters. The van der Waals surface area contributed by atoms with Crippen LogP contribution in [0.2, 0.25) is 0 Å². The molecular weight excluding hydrogens is 220 g/mol. The van der Waals surface area contributed by atoms with Crippen LogP contribution in [0.1, 0.15) is 0 Å². The minimum Gasteiger partial charge on any atom is -0.481 e. The average molecular weight is 236 g/mol.